The topological polar surface area (TPSA) is 74.0 Å². The quantitative estimate of drug-likeness (QED) is 0.400. The molecular formula is C26H25N3O2. The fourth-order valence-corrected chi connectivity index (χ4v) is 3.65. The van der Waals surface area contributed by atoms with Crippen LogP contribution >= 0.6 is 0 Å². The SMILES string of the molecule is O=C(CCc1ccccc1)NC(Cc1c[nH]c2ccccc12)C(=O)Nc1ccccc1. The smallest absolute Gasteiger partial charge is 0.247 e. The molecule has 4 aromatic rings. The molecular weight excluding hydrogens is 386 g/mol. The van der Waals surface area contributed by atoms with E-state index in [-0.39, 0.29) is 11.8 Å². The second-order valence-corrected chi connectivity index (χ2v) is 7.52. The minimum absolute atomic E-state index is 0.142. The first-order chi connectivity index (χ1) is 15.2. The van der Waals surface area contributed by atoms with Crippen molar-refractivity contribution in [2.24, 2.45) is 0 Å². The Morgan fingerprint density at radius 2 is 1.52 bits per heavy atom. The molecule has 2 amide bonds. The zero-order valence-electron chi connectivity index (χ0n) is 17.2. The normalized spacial score (nSPS) is 11.7. The second-order valence-electron chi connectivity index (χ2n) is 7.52. The van der Waals surface area contributed by atoms with Crippen molar-refractivity contribution in [1.29, 1.82) is 0 Å². The van der Waals surface area contributed by atoms with E-state index < -0.39 is 6.04 Å². The molecule has 0 aliphatic heterocycles. The van der Waals surface area contributed by atoms with Gasteiger partial charge >= 0.3 is 0 Å². The van der Waals surface area contributed by atoms with Gasteiger partial charge in [0.2, 0.25) is 11.8 Å². The van der Waals surface area contributed by atoms with Crippen LogP contribution in [-0.4, -0.2) is 22.8 Å². The van der Waals surface area contributed by atoms with Gasteiger partial charge in [-0.2, -0.15) is 0 Å². The zero-order chi connectivity index (χ0) is 21.5. The number of nitrogens with one attached hydrogen (secondary N) is 3. The molecule has 0 radical (unpaired) electrons. The molecule has 3 aromatic carbocycles. The number of rotatable bonds is 8. The van der Waals surface area contributed by atoms with E-state index >= 15 is 0 Å². The Kier molecular flexibility index (Phi) is 6.43. The third-order valence-electron chi connectivity index (χ3n) is 5.28. The van der Waals surface area contributed by atoms with Gasteiger partial charge in [-0.05, 0) is 35.7 Å². The van der Waals surface area contributed by atoms with E-state index in [2.05, 4.69) is 15.6 Å². The molecule has 1 atom stereocenters. The van der Waals surface area contributed by atoms with Gasteiger partial charge in [0.25, 0.3) is 0 Å². The molecule has 0 saturated heterocycles. The van der Waals surface area contributed by atoms with Gasteiger partial charge in [-0.1, -0.05) is 66.7 Å². The minimum atomic E-state index is -0.678. The second kappa shape index (κ2) is 9.76. The Bertz CT molecular complexity index is 1150. The van der Waals surface area contributed by atoms with Crippen LogP contribution in [0.25, 0.3) is 10.9 Å². The van der Waals surface area contributed by atoms with Crippen molar-refractivity contribution in [2.75, 3.05) is 5.32 Å². The Morgan fingerprint density at radius 3 is 2.29 bits per heavy atom. The average molecular weight is 412 g/mol. The minimum Gasteiger partial charge on any atom is -0.361 e. The number of carbonyl (C=O) groups is 2. The molecule has 0 bridgehead atoms. The van der Waals surface area contributed by atoms with Crippen LogP contribution in [0, 0.1) is 0 Å². The maximum absolute atomic E-state index is 13.0. The molecule has 31 heavy (non-hydrogen) atoms. The number of aryl methyl sites for hydroxylation is 1. The first-order valence-electron chi connectivity index (χ1n) is 10.4. The number of amides is 2. The number of aromatic amines is 1. The highest BCUT2D eigenvalue weighted by Gasteiger charge is 2.22. The van der Waals surface area contributed by atoms with Crippen molar-refractivity contribution in [1.82, 2.24) is 10.3 Å². The molecule has 5 heteroatoms. The van der Waals surface area contributed by atoms with Gasteiger partial charge in [0.15, 0.2) is 0 Å². The Morgan fingerprint density at radius 1 is 0.839 bits per heavy atom. The summed E-state index contributed by atoms with van der Waals surface area (Å²) in [4.78, 5) is 29.0. The van der Waals surface area contributed by atoms with E-state index in [9.17, 15) is 9.59 Å². The number of H-pyrrole nitrogens is 1. The van der Waals surface area contributed by atoms with E-state index in [1.54, 1.807) is 0 Å². The zero-order valence-corrected chi connectivity index (χ0v) is 17.2. The third kappa shape index (κ3) is 5.39. The predicted octanol–water partition coefficient (Wildman–Crippen LogP) is 4.47. The molecule has 1 aromatic heterocycles. The van der Waals surface area contributed by atoms with E-state index in [0.717, 1.165) is 22.0 Å². The summed E-state index contributed by atoms with van der Waals surface area (Å²) in [6, 6.07) is 26.4. The van der Waals surface area contributed by atoms with Crippen LogP contribution < -0.4 is 10.6 Å². The molecule has 0 spiro atoms. The molecule has 3 N–H and O–H groups in total. The summed E-state index contributed by atoms with van der Waals surface area (Å²) in [5.41, 5.74) is 3.80. The Labute approximate surface area is 181 Å². The molecule has 0 fully saturated rings. The standard InChI is InChI=1S/C26H25N3O2/c30-25(16-15-19-9-3-1-4-10-19)29-24(26(31)28-21-11-5-2-6-12-21)17-20-18-27-23-14-8-7-13-22(20)23/h1-14,18,24,27H,15-17H2,(H,28,31)(H,29,30). The van der Waals surface area contributed by atoms with Gasteiger partial charge in [-0.25, -0.2) is 0 Å². The lowest BCUT2D eigenvalue weighted by Crippen LogP contribution is -2.45. The van der Waals surface area contributed by atoms with Crippen LogP contribution in [0.4, 0.5) is 5.69 Å². The number of hydrogen-bond donors (Lipinski definition) is 3. The number of benzene rings is 3. The van der Waals surface area contributed by atoms with Crippen molar-refractivity contribution in [2.45, 2.75) is 25.3 Å². The molecule has 0 aliphatic carbocycles. The summed E-state index contributed by atoms with van der Waals surface area (Å²) < 4.78 is 0. The van der Waals surface area contributed by atoms with Crippen LogP contribution in [0.2, 0.25) is 0 Å². The predicted molar refractivity (Wildman–Crippen MR) is 124 cm³/mol. The molecule has 4 rings (SSSR count). The first kappa shape index (κ1) is 20.4. The van der Waals surface area contributed by atoms with Crippen molar-refractivity contribution in [3.63, 3.8) is 0 Å². The van der Waals surface area contributed by atoms with Crippen LogP contribution in [0.3, 0.4) is 0 Å². The van der Waals surface area contributed by atoms with Crippen molar-refractivity contribution in [3.05, 3.63) is 102 Å². The van der Waals surface area contributed by atoms with Gasteiger partial charge in [-0.3, -0.25) is 9.59 Å². The number of anilines is 1. The monoisotopic (exact) mass is 411 g/mol. The summed E-state index contributed by atoms with van der Waals surface area (Å²) >= 11 is 0. The van der Waals surface area contributed by atoms with Gasteiger partial charge in [0, 0.05) is 35.6 Å². The van der Waals surface area contributed by atoms with Gasteiger partial charge in [0.1, 0.15) is 6.04 Å². The van der Waals surface area contributed by atoms with Crippen LogP contribution in [0.15, 0.2) is 91.1 Å². The molecule has 5 nitrogen and oxygen atoms in total. The number of aromatic nitrogens is 1. The van der Waals surface area contributed by atoms with Crippen LogP contribution in [0.1, 0.15) is 17.5 Å². The highest BCUT2D eigenvalue weighted by atomic mass is 16.2. The highest BCUT2D eigenvalue weighted by Crippen LogP contribution is 2.20. The lowest BCUT2D eigenvalue weighted by molar-refractivity contribution is -0.126. The van der Waals surface area contributed by atoms with Crippen molar-refractivity contribution >= 4 is 28.4 Å². The Hall–Kier alpha value is -3.86. The van der Waals surface area contributed by atoms with Gasteiger partial charge < -0.3 is 15.6 Å². The number of hydrogen-bond acceptors (Lipinski definition) is 2. The third-order valence-corrected chi connectivity index (χ3v) is 5.28. The summed E-state index contributed by atoms with van der Waals surface area (Å²) in [6.45, 7) is 0. The molecule has 0 saturated carbocycles. The van der Waals surface area contributed by atoms with Crippen LogP contribution in [0.5, 0.6) is 0 Å². The molecule has 1 unspecified atom stereocenters. The summed E-state index contributed by atoms with van der Waals surface area (Å²) in [5.74, 6) is -0.374. The lowest BCUT2D eigenvalue weighted by atomic mass is 10.0. The highest BCUT2D eigenvalue weighted by molar-refractivity contribution is 5.98. The maximum Gasteiger partial charge on any atom is 0.247 e. The average Bonchev–Trinajstić information content (AvgIpc) is 3.21. The maximum atomic E-state index is 13.0. The summed E-state index contributed by atoms with van der Waals surface area (Å²) in [6.07, 6.45) is 3.27. The lowest BCUT2D eigenvalue weighted by Gasteiger charge is -2.18. The first-order valence-corrected chi connectivity index (χ1v) is 10.4. The number of fused-ring (bicyclic) bond motifs is 1. The van der Waals surface area contributed by atoms with Crippen molar-refractivity contribution in [3.8, 4) is 0 Å². The van der Waals surface area contributed by atoms with E-state index in [1.165, 1.54) is 0 Å². The fraction of sp³-hybridized carbons (Fsp3) is 0.154. The van der Waals surface area contributed by atoms with E-state index in [1.807, 2.05) is 91.1 Å². The van der Waals surface area contributed by atoms with Gasteiger partial charge in [-0.15, -0.1) is 0 Å². The van der Waals surface area contributed by atoms with Crippen molar-refractivity contribution < 1.29 is 9.59 Å². The number of carbonyl (C=O) groups excluding carboxylic acids is 2. The summed E-state index contributed by atoms with van der Waals surface area (Å²) in [5, 5.41) is 6.92. The largest absolute Gasteiger partial charge is 0.361 e. The molecule has 156 valence electrons. The van der Waals surface area contributed by atoms with E-state index in [4.69, 9.17) is 0 Å². The number of para-hydroxylation sites is 2. The van der Waals surface area contributed by atoms with Crippen LogP contribution in [-0.2, 0) is 22.4 Å². The molecule has 1 heterocycles. The Balaban J connectivity index is 1.48. The van der Waals surface area contributed by atoms with E-state index in [0.29, 0.717) is 24.9 Å². The summed E-state index contributed by atoms with van der Waals surface area (Å²) in [7, 11) is 0. The fourth-order valence-electron chi connectivity index (χ4n) is 3.65. The van der Waals surface area contributed by atoms with Gasteiger partial charge in [0.05, 0.1) is 0 Å². The molecule has 0 aliphatic rings.